The van der Waals surface area contributed by atoms with Gasteiger partial charge in [0.25, 0.3) is 0 Å². The van der Waals surface area contributed by atoms with E-state index in [9.17, 15) is 13.2 Å². The van der Waals surface area contributed by atoms with Crippen LogP contribution in [0.25, 0.3) is 0 Å². The SMILES string of the molecule is FC(F)(F)CCOCc1cnc(Cl)s1. The standard InChI is InChI=1S/C7H7ClF3NOS/c8-6-12-3-5(14-6)4-13-2-1-7(9,10)11/h3H,1-2,4H2. The van der Waals surface area contributed by atoms with Crippen molar-refractivity contribution in [2.75, 3.05) is 6.61 Å². The molecule has 0 radical (unpaired) electrons. The molecule has 0 atom stereocenters. The summed E-state index contributed by atoms with van der Waals surface area (Å²) in [7, 11) is 0. The summed E-state index contributed by atoms with van der Waals surface area (Å²) >= 11 is 6.71. The van der Waals surface area contributed by atoms with Crippen molar-refractivity contribution in [3.63, 3.8) is 0 Å². The molecular formula is C7H7ClF3NOS. The Morgan fingerprint density at radius 2 is 2.21 bits per heavy atom. The lowest BCUT2D eigenvalue weighted by Crippen LogP contribution is -2.11. The van der Waals surface area contributed by atoms with Crippen molar-refractivity contribution in [2.45, 2.75) is 19.2 Å². The fourth-order valence-corrected chi connectivity index (χ4v) is 1.63. The maximum atomic E-state index is 11.7. The molecule has 0 aliphatic heterocycles. The predicted molar refractivity (Wildman–Crippen MR) is 47.5 cm³/mol. The highest BCUT2D eigenvalue weighted by molar-refractivity contribution is 7.15. The Balaban J connectivity index is 2.16. The summed E-state index contributed by atoms with van der Waals surface area (Å²) in [6, 6.07) is 0. The average molecular weight is 246 g/mol. The Morgan fingerprint density at radius 1 is 1.50 bits per heavy atom. The number of ether oxygens (including phenoxy) is 1. The zero-order valence-electron chi connectivity index (χ0n) is 6.97. The van der Waals surface area contributed by atoms with E-state index in [4.69, 9.17) is 16.3 Å². The minimum absolute atomic E-state index is 0.125. The summed E-state index contributed by atoms with van der Waals surface area (Å²) in [5.41, 5.74) is 0. The number of alkyl halides is 3. The van der Waals surface area contributed by atoms with Gasteiger partial charge >= 0.3 is 6.18 Å². The lowest BCUT2D eigenvalue weighted by Gasteiger charge is -2.05. The third kappa shape index (κ3) is 4.78. The summed E-state index contributed by atoms with van der Waals surface area (Å²) in [4.78, 5) is 4.45. The van der Waals surface area contributed by atoms with E-state index < -0.39 is 12.6 Å². The summed E-state index contributed by atoms with van der Waals surface area (Å²) < 4.78 is 40.2. The van der Waals surface area contributed by atoms with Crippen LogP contribution in [0, 0.1) is 0 Å². The van der Waals surface area contributed by atoms with Crippen molar-refractivity contribution in [3.8, 4) is 0 Å². The molecule has 0 saturated carbocycles. The second kappa shape index (κ2) is 4.95. The first-order valence-electron chi connectivity index (χ1n) is 3.72. The Labute approximate surface area is 87.7 Å². The van der Waals surface area contributed by atoms with Crippen LogP contribution >= 0.6 is 22.9 Å². The van der Waals surface area contributed by atoms with Crippen LogP contribution in [0.4, 0.5) is 13.2 Å². The van der Waals surface area contributed by atoms with Crippen molar-refractivity contribution in [3.05, 3.63) is 15.5 Å². The smallest absolute Gasteiger partial charge is 0.376 e. The number of aromatic nitrogens is 1. The molecular weight excluding hydrogens is 239 g/mol. The summed E-state index contributed by atoms with van der Waals surface area (Å²) in [5, 5.41) is 0. The van der Waals surface area contributed by atoms with Crippen molar-refractivity contribution < 1.29 is 17.9 Å². The lowest BCUT2D eigenvalue weighted by molar-refractivity contribution is -0.145. The highest BCUT2D eigenvalue weighted by atomic mass is 35.5. The third-order valence-electron chi connectivity index (χ3n) is 1.30. The van der Waals surface area contributed by atoms with Crippen LogP contribution in [0.1, 0.15) is 11.3 Å². The van der Waals surface area contributed by atoms with Gasteiger partial charge in [0, 0.05) is 6.20 Å². The van der Waals surface area contributed by atoms with Gasteiger partial charge in [0.2, 0.25) is 0 Å². The molecule has 1 heterocycles. The zero-order chi connectivity index (χ0) is 10.6. The fraction of sp³-hybridized carbons (Fsp3) is 0.571. The molecule has 0 bridgehead atoms. The molecule has 0 unspecified atom stereocenters. The first-order valence-corrected chi connectivity index (χ1v) is 4.91. The van der Waals surface area contributed by atoms with E-state index in [1.165, 1.54) is 17.5 Å². The van der Waals surface area contributed by atoms with Crippen LogP contribution in [-0.2, 0) is 11.3 Å². The van der Waals surface area contributed by atoms with E-state index >= 15 is 0 Å². The van der Waals surface area contributed by atoms with Crippen LogP contribution in [-0.4, -0.2) is 17.8 Å². The van der Waals surface area contributed by atoms with Gasteiger partial charge < -0.3 is 4.74 Å². The highest BCUT2D eigenvalue weighted by Crippen LogP contribution is 2.21. The molecule has 0 aliphatic carbocycles. The largest absolute Gasteiger partial charge is 0.391 e. The van der Waals surface area contributed by atoms with Gasteiger partial charge in [-0.3, -0.25) is 0 Å². The molecule has 0 aromatic carbocycles. The molecule has 0 spiro atoms. The second-order valence-corrected chi connectivity index (χ2v) is 4.19. The van der Waals surface area contributed by atoms with Crippen LogP contribution in [0.2, 0.25) is 4.47 Å². The van der Waals surface area contributed by atoms with Gasteiger partial charge in [0.1, 0.15) is 0 Å². The van der Waals surface area contributed by atoms with Crippen LogP contribution in [0.5, 0.6) is 0 Å². The zero-order valence-corrected chi connectivity index (χ0v) is 8.55. The van der Waals surface area contributed by atoms with Crippen LogP contribution < -0.4 is 0 Å². The van der Waals surface area contributed by atoms with E-state index in [1.807, 2.05) is 0 Å². The molecule has 14 heavy (non-hydrogen) atoms. The molecule has 1 aromatic rings. The van der Waals surface area contributed by atoms with Crippen LogP contribution in [0.15, 0.2) is 6.20 Å². The predicted octanol–water partition coefficient (Wildman–Crippen LogP) is 3.27. The Bertz CT molecular complexity index is 289. The van der Waals surface area contributed by atoms with Gasteiger partial charge in [0.15, 0.2) is 4.47 Å². The first-order chi connectivity index (χ1) is 6.47. The number of nitrogens with zero attached hydrogens (tertiary/aromatic N) is 1. The van der Waals surface area contributed by atoms with E-state index in [0.29, 0.717) is 4.47 Å². The van der Waals surface area contributed by atoms with Gasteiger partial charge in [0.05, 0.1) is 24.5 Å². The van der Waals surface area contributed by atoms with Crippen LogP contribution in [0.3, 0.4) is 0 Å². The molecule has 0 saturated heterocycles. The summed E-state index contributed by atoms with van der Waals surface area (Å²) in [5.74, 6) is 0. The monoisotopic (exact) mass is 245 g/mol. The Hall–Kier alpha value is -0.330. The Kier molecular flexibility index (Phi) is 4.15. The molecule has 0 N–H and O–H groups in total. The summed E-state index contributed by atoms with van der Waals surface area (Å²) in [6.45, 7) is -0.209. The normalized spacial score (nSPS) is 12.0. The van der Waals surface area contributed by atoms with E-state index in [-0.39, 0.29) is 13.2 Å². The minimum Gasteiger partial charge on any atom is -0.376 e. The minimum atomic E-state index is -4.16. The van der Waals surface area contributed by atoms with Crippen molar-refractivity contribution in [1.82, 2.24) is 4.98 Å². The quantitative estimate of drug-likeness (QED) is 0.760. The summed E-state index contributed by atoms with van der Waals surface area (Å²) in [6.07, 6.45) is -3.61. The van der Waals surface area contributed by atoms with Gasteiger partial charge in [-0.1, -0.05) is 11.6 Å². The van der Waals surface area contributed by atoms with E-state index in [2.05, 4.69) is 4.98 Å². The average Bonchev–Trinajstić information content (AvgIpc) is 2.44. The van der Waals surface area contributed by atoms with E-state index in [1.54, 1.807) is 0 Å². The number of thiazole rings is 1. The highest BCUT2D eigenvalue weighted by Gasteiger charge is 2.26. The number of hydrogen-bond acceptors (Lipinski definition) is 3. The van der Waals surface area contributed by atoms with Gasteiger partial charge in [-0.2, -0.15) is 13.2 Å². The number of halogens is 4. The molecule has 7 heteroatoms. The van der Waals surface area contributed by atoms with E-state index in [0.717, 1.165) is 4.88 Å². The van der Waals surface area contributed by atoms with Crippen molar-refractivity contribution in [2.24, 2.45) is 0 Å². The first kappa shape index (κ1) is 11.7. The topological polar surface area (TPSA) is 22.1 Å². The number of hydrogen-bond donors (Lipinski definition) is 0. The molecule has 1 rings (SSSR count). The maximum absolute atomic E-state index is 11.7. The molecule has 2 nitrogen and oxygen atoms in total. The second-order valence-electron chi connectivity index (χ2n) is 2.50. The third-order valence-corrected chi connectivity index (χ3v) is 2.39. The maximum Gasteiger partial charge on any atom is 0.391 e. The van der Waals surface area contributed by atoms with Gasteiger partial charge in [-0.15, -0.1) is 11.3 Å². The van der Waals surface area contributed by atoms with Gasteiger partial charge in [-0.05, 0) is 0 Å². The van der Waals surface area contributed by atoms with Crippen molar-refractivity contribution in [1.29, 1.82) is 0 Å². The lowest BCUT2D eigenvalue weighted by atomic mass is 10.4. The van der Waals surface area contributed by atoms with Gasteiger partial charge in [-0.25, -0.2) is 4.98 Å². The molecule has 0 fully saturated rings. The van der Waals surface area contributed by atoms with Crippen molar-refractivity contribution >= 4 is 22.9 Å². The number of rotatable bonds is 4. The molecule has 80 valence electrons. The fourth-order valence-electron chi connectivity index (χ4n) is 0.711. The molecule has 0 amide bonds. The molecule has 0 aliphatic rings. The molecule has 1 aromatic heterocycles. The Morgan fingerprint density at radius 3 is 2.71 bits per heavy atom.